The van der Waals surface area contributed by atoms with E-state index in [0.29, 0.717) is 30.6 Å². The van der Waals surface area contributed by atoms with Gasteiger partial charge in [0, 0.05) is 24.2 Å². The average Bonchev–Trinajstić information content (AvgIpc) is 3.50. The molecule has 0 bridgehead atoms. The molecule has 0 radical (unpaired) electrons. The Balaban J connectivity index is 1.27. The van der Waals surface area contributed by atoms with Crippen molar-refractivity contribution in [1.29, 1.82) is 0 Å². The summed E-state index contributed by atoms with van der Waals surface area (Å²) in [5, 5.41) is 10.5. The number of fused-ring (bicyclic) bond motifs is 1. The highest BCUT2D eigenvalue weighted by Crippen LogP contribution is 2.23. The summed E-state index contributed by atoms with van der Waals surface area (Å²) in [4.78, 5) is 54.0. The van der Waals surface area contributed by atoms with Crippen LogP contribution in [0, 0.1) is 0 Å². The van der Waals surface area contributed by atoms with Crippen LogP contribution in [0.5, 0.6) is 0 Å². The van der Waals surface area contributed by atoms with Gasteiger partial charge in [-0.25, -0.2) is 0 Å². The fourth-order valence-electron chi connectivity index (χ4n) is 5.14. The Labute approximate surface area is 238 Å². The molecule has 2 atom stereocenters. The van der Waals surface area contributed by atoms with Crippen LogP contribution in [0.4, 0.5) is 5.69 Å². The van der Waals surface area contributed by atoms with Crippen LogP contribution < -0.4 is 16.0 Å². The van der Waals surface area contributed by atoms with Crippen molar-refractivity contribution in [3.63, 3.8) is 0 Å². The third-order valence-corrected chi connectivity index (χ3v) is 7.22. The van der Waals surface area contributed by atoms with Crippen LogP contribution in [-0.4, -0.2) is 53.7 Å². The highest BCUT2D eigenvalue weighted by molar-refractivity contribution is 6.01. The molecule has 4 amide bonds. The van der Waals surface area contributed by atoms with Gasteiger partial charge in [-0.1, -0.05) is 78.9 Å². The second-order valence-electron chi connectivity index (χ2n) is 10.1. The van der Waals surface area contributed by atoms with E-state index >= 15 is 0 Å². The van der Waals surface area contributed by atoms with Gasteiger partial charge >= 0.3 is 0 Å². The third-order valence-electron chi connectivity index (χ3n) is 7.22. The second kappa shape index (κ2) is 12.9. The quantitative estimate of drug-likeness (QED) is 0.295. The smallest absolute Gasteiger partial charge is 0.251 e. The van der Waals surface area contributed by atoms with Crippen molar-refractivity contribution in [2.75, 3.05) is 18.4 Å². The van der Waals surface area contributed by atoms with Crippen LogP contribution in [-0.2, 0) is 20.8 Å². The van der Waals surface area contributed by atoms with Gasteiger partial charge in [0.2, 0.25) is 17.7 Å². The summed E-state index contributed by atoms with van der Waals surface area (Å²) >= 11 is 0. The molecule has 4 aromatic carbocycles. The van der Waals surface area contributed by atoms with Crippen LogP contribution in [0.1, 0.15) is 28.8 Å². The van der Waals surface area contributed by atoms with E-state index < -0.39 is 18.0 Å². The van der Waals surface area contributed by atoms with E-state index in [1.54, 1.807) is 35.2 Å². The molecule has 1 aliphatic rings. The van der Waals surface area contributed by atoms with Crippen LogP contribution in [0.3, 0.4) is 0 Å². The number of benzene rings is 4. The molecule has 208 valence electrons. The van der Waals surface area contributed by atoms with E-state index in [0.717, 1.165) is 16.3 Å². The van der Waals surface area contributed by atoms with Crippen molar-refractivity contribution >= 4 is 40.1 Å². The molecule has 41 heavy (non-hydrogen) atoms. The van der Waals surface area contributed by atoms with Crippen molar-refractivity contribution in [2.24, 2.45) is 0 Å². The average molecular weight is 549 g/mol. The molecule has 5 rings (SSSR count). The van der Waals surface area contributed by atoms with Crippen LogP contribution >= 0.6 is 0 Å². The maximum atomic E-state index is 13.8. The first kappa shape index (κ1) is 27.6. The van der Waals surface area contributed by atoms with Gasteiger partial charge in [0.05, 0.1) is 6.54 Å². The molecule has 0 unspecified atom stereocenters. The summed E-state index contributed by atoms with van der Waals surface area (Å²) < 4.78 is 0. The number of likely N-dealkylation sites (tertiary alicyclic amines) is 1. The lowest BCUT2D eigenvalue weighted by Gasteiger charge is -2.29. The lowest BCUT2D eigenvalue weighted by Crippen LogP contribution is -2.54. The predicted octanol–water partition coefficient (Wildman–Crippen LogP) is 3.93. The minimum atomic E-state index is -0.896. The number of carbonyl (C=O) groups excluding carboxylic acids is 4. The normalized spacial score (nSPS) is 15.2. The molecule has 0 aliphatic carbocycles. The highest BCUT2D eigenvalue weighted by atomic mass is 16.2. The molecule has 0 aromatic heterocycles. The van der Waals surface area contributed by atoms with E-state index in [1.807, 2.05) is 72.8 Å². The lowest BCUT2D eigenvalue weighted by molar-refractivity contribution is -0.140. The summed E-state index contributed by atoms with van der Waals surface area (Å²) in [5.74, 6) is -1.45. The zero-order chi connectivity index (χ0) is 28.6. The first-order valence-electron chi connectivity index (χ1n) is 13.7. The summed E-state index contributed by atoms with van der Waals surface area (Å²) in [7, 11) is 0. The predicted molar refractivity (Wildman–Crippen MR) is 158 cm³/mol. The topological polar surface area (TPSA) is 108 Å². The zero-order valence-electron chi connectivity index (χ0n) is 22.6. The number of hydrogen-bond donors (Lipinski definition) is 3. The molecule has 1 saturated heterocycles. The Kier molecular flexibility index (Phi) is 8.69. The van der Waals surface area contributed by atoms with E-state index in [-0.39, 0.29) is 30.7 Å². The second-order valence-corrected chi connectivity index (χ2v) is 10.1. The number of rotatable bonds is 9. The molecule has 1 fully saturated rings. The maximum absolute atomic E-state index is 13.8. The summed E-state index contributed by atoms with van der Waals surface area (Å²) in [6.07, 6.45) is 1.47. The van der Waals surface area contributed by atoms with Crippen LogP contribution in [0.2, 0.25) is 0 Å². The maximum Gasteiger partial charge on any atom is 0.251 e. The largest absolute Gasteiger partial charge is 0.343 e. The summed E-state index contributed by atoms with van der Waals surface area (Å²) in [6, 6.07) is 30.1. The van der Waals surface area contributed by atoms with Crippen molar-refractivity contribution in [3.8, 4) is 0 Å². The van der Waals surface area contributed by atoms with Gasteiger partial charge in [-0.2, -0.15) is 0 Å². The Bertz CT molecular complexity index is 1540. The van der Waals surface area contributed by atoms with Crippen LogP contribution in [0.25, 0.3) is 10.8 Å². The molecule has 4 aromatic rings. The number of amides is 4. The van der Waals surface area contributed by atoms with Crippen LogP contribution in [0.15, 0.2) is 103 Å². The van der Waals surface area contributed by atoms with Gasteiger partial charge in [0.25, 0.3) is 5.91 Å². The van der Waals surface area contributed by atoms with Gasteiger partial charge in [0.15, 0.2) is 0 Å². The lowest BCUT2D eigenvalue weighted by atomic mass is 10.0. The first-order chi connectivity index (χ1) is 20.0. The van der Waals surface area contributed by atoms with Crippen molar-refractivity contribution in [2.45, 2.75) is 31.3 Å². The van der Waals surface area contributed by atoms with E-state index in [2.05, 4.69) is 16.0 Å². The van der Waals surface area contributed by atoms with Gasteiger partial charge in [-0.05, 0) is 53.4 Å². The Hall–Kier alpha value is -4.98. The first-order valence-corrected chi connectivity index (χ1v) is 13.7. The standard InChI is InChI=1S/C33H32N4O4/c38-30(22-34-31(39)25-13-5-2-6-14-25)36-28(20-23-10-3-1-4-11-23)33(41)37-19-9-16-29(37)32(40)35-27-18-17-24-12-7-8-15-26(24)21-27/h1-8,10-15,17-18,21,28-29H,9,16,19-20,22H2,(H,34,39)(H,35,40)(H,36,38)/t28-,29-/m0/s1. The molecular formula is C33H32N4O4. The molecule has 8 nitrogen and oxygen atoms in total. The number of nitrogens with zero attached hydrogens (tertiary/aromatic N) is 1. The molecule has 0 spiro atoms. The Morgan fingerprint density at radius 1 is 0.805 bits per heavy atom. The zero-order valence-corrected chi connectivity index (χ0v) is 22.6. The summed E-state index contributed by atoms with van der Waals surface area (Å²) in [6.45, 7) is 0.138. The Morgan fingerprint density at radius 2 is 1.49 bits per heavy atom. The number of carbonyl (C=O) groups is 4. The molecular weight excluding hydrogens is 516 g/mol. The number of nitrogens with one attached hydrogen (secondary N) is 3. The fraction of sp³-hybridized carbons (Fsp3) is 0.212. The van der Waals surface area contributed by atoms with Gasteiger partial charge < -0.3 is 20.9 Å². The Morgan fingerprint density at radius 3 is 2.24 bits per heavy atom. The van der Waals surface area contributed by atoms with Gasteiger partial charge in [-0.15, -0.1) is 0 Å². The number of hydrogen-bond acceptors (Lipinski definition) is 4. The minimum Gasteiger partial charge on any atom is -0.343 e. The van der Waals surface area contributed by atoms with E-state index in [1.165, 1.54) is 0 Å². The third kappa shape index (κ3) is 6.97. The highest BCUT2D eigenvalue weighted by Gasteiger charge is 2.37. The molecule has 1 heterocycles. The molecule has 8 heteroatoms. The summed E-state index contributed by atoms with van der Waals surface area (Å²) in [5.41, 5.74) is 1.97. The molecule has 3 N–H and O–H groups in total. The van der Waals surface area contributed by atoms with Gasteiger partial charge in [-0.3, -0.25) is 19.2 Å². The fourth-order valence-corrected chi connectivity index (χ4v) is 5.14. The molecule has 0 saturated carbocycles. The van der Waals surface area contributed by atoms with Crippen molar-refractivity contribution in [1.82, 2.24) is 15.5 Å². The van der Waals surface area contributed by atoms with Crippen molar-refractivity contribution in [3.05, 3.63) is 114 Å². The monoisotopic (exact) mass is 548 g/mol. The SMILES string of the molecule is O=C(CNC(=O)c1ccccc1)N[C@@H](Cc1ccccc1)C(=O)N1CCC[C@H]1C(=O)Nc1ccc2ccccc2c1. The van der Waals surface area contributed by atoms with E-state index in [4.69, 9.17) is 0 Å². The van der Waals surface area contributed by atoms with Gasteiger partial charge in [0.1, 0.15) is 12.1 Å². The number of anilines is 1. The van der Waals surface area contributed by atoms with Crippen molar-refractivity contribution < 1.29 is 19.2 Å². The van der Waals surface area contributed by atoms with E-state index in [9.17, 15) is 19.2 Å². The minimum absolute atomic E-state index is 0.257. The molecule has 1 aliphatic heterocycles.